The molecule has 62 heavy (non-hydrogen) atoms. The molecular weight excluding hydrogens is 776 g/mol. The number of nitrogens with zero attached hydrogens (tertiary/aromatic N) is 2. The van der Waals surface area contributed by atoms with E-state index in [1.807, 2.05) is 11.3 Å². The molecule has 2 aliphatic heterocycles. The molecule has 0 saturated heterocycles. The Bertz CT molecular complexity index is 3960. The lowest BCUT2D eigenvalue weighted by molar-refractivity contribution is 0.590. The van der Waals surface area contributed by atoms with Crippen LogP contribution in [-0.4, -0.2) is 11.4 Å². The number of furan rings is 2. The standard InChI is InChI=1S/C56H41BN2O2S/c1-55(2,3)30-19-22-32(23-20-30)59-42-27-37-34-14-8-11-17-45(34)60-46(37)28-39(42)49-50-35-15-9-12-18-48(35)62-54(50)51-38-25-31(56(4,5)6)21-24-41(38)58-43-29-47-36(33-13-7-10-16-44(33)61-47)26-40(43)57(59)52(49)53(51)58/h7-29H,1-6H3. The molecule has 0 fully saturated rings. The molecule has 0 saturated carbocycles. The largest absolute Gasteiger partial charge is 0.456 e. The summed E-state index contributed by atoms with van der Waals surface area (Å²) in [6.45, 7) is 13.7. The van der Waals surface area contributed by atoms with Crippen LogP contribution in [-0.2, 0) is 10.8 Å². The first-order valence-corrected chi connectivity index (χ1v) is 22.6. The lowest BCUT2D eigenvalue weighted by atomic mass is 9.43. The van der Waals surface area contributed by atoms with Crippen LogP contribution in [0.3, 0.4) is 0 Å². The highest BCUT2D eigenvalue weighted by Crippen LogP contribution is 2.54. The van der Waals surface area contributed by atoms with Gasteiger partial charge in [-0.05, 0) is 93.0 Å². The maximum absolute atomic E-state index is 6.76. The van der Waals surface area contributed by atoms with E-state index in [4.69, 9.17) is 8.83 Å². The summed E-state index contributed by atoms with van der Waals surface area (Å²) < 4.78 is 18.7. The number of rotatable bonds is 1. The van der Waals surface area contributed by atoms with Crippen molar-refractivity contribution in [3.05, 3.63) is 151 Å². The second-order valence-corrected chi connectivity index (χ2v) is 20.7. The number of aromatic nitrogens is 1. The van der Waals surface area contributed by atoms with Gasteiger partial charge in [0.05, 0.1) is 11.0 Å². The summed E-state index contributed by atoms with van der Waals surface area (Å²) in [7, 11) is 0. The highest BCUT2D eigenvalue weighted by Gasteiger charge is 2.46. The van der Waals surface area contributed by atoms with Gasteiger partial charge < -0.3 is 18.2 Å². The molecule has 0 bridgehead atoms. The summed E-state index contributed by atoms with van der Waals surface area (Å²) in [4.78, 5) is 2.65. The first-order chi connectivity index (χ1) is 30.0. The molecular formula is C56H41BN2O2S. The van der Waals surface area contributed by atoms with Crippen molar-refractivity contribution in [2.24, 2.45) is 0 Å². The summed E-state index contributed by atoms with van der Waals surface area (Å²) in [5.41, 5.74) is 17.4. The lowest BCUT2D eigenvalue weighted by Crippen LogP contribution is -2.60. The van der Waals surface area contributed by atoms with Gasteiger partial charge in [0.1, 0.15) is 22.3 Å². The van der Waals surface area contributed by atoms with Crippen LogP contribution in [0.15, 0.2) is 148 Å². The minimum absolute atomic E-state index is 0.0167. The van der Waals surface area contributed by atoms with Crippen molar-refractivity contribution in [1.29, 1.82) is 0 Å². The van der Waals surface area contributed by atoms with E-state index in [1.165, 1.54) is 86.5 Å². The molecule has 0 unspecified atom stereocenters. The average molecular weight is 817 g/mol. The van der Waals surface area contributed by atoms with Crippen LogP contribution in [0.4, 0.5) is 11.4 Å². The Balaban J connectivity index is 1.24. The Morgan fingerprint density at radius 3 is 1.85 bits per heavy atom. The predicted octanol–water partition coefficient (Wildman–Crippen LogP) is 14.8. The molecule has 12 aromatic rings. The maximum Gasteiger partial charge on any atom is 0.333 e. The van der Waals surface area contributed by atoms with Crippen molar-refractivity contribution in [3.63, 3.8) is 0 Å². The number of para-hydroxylation sites is 2. The van der Waals surface area contributed by atoms with Crippen molar-refractivity contribution in [2.45, 2.75) is 52.4 Å². The van der Waals surface area contributed by atoms with Crippen molar-refractivity contribution < 1.29 is 8.83 Å². The van der Waals surface area contributed by atoms with E-state index in [9.17, 15) is 0 Å². The number of thiophene rings is 1. The van der Waals surface area contributed by atoms with E-state index < -0.39 is 0 Å². The molecule has 4 aromatic heterocycles. The number of benzene rings is 8. The van der Waals surface area contributed by atoms with Gasteiger partial charge in [0.25, 0.3) is 0 Å². The van der Waals surface area contributed by atoms with Gasteiger partial charge in [0, 0.05) is 81.2 Å². The first kappa shape index (κ1) is 34.9. The molecule has 0 atom stereocenters. The highest BCUT2D eigenvalue weighted by atomic mass is 32.1. The second-order valence-electron chi connectivity index (χ2n) is 19.7. The Labute approximate surface area is 362 Å². The first-order valence-electron chi connectivity index (χ1n) is 21.8. The monoisotopic (exact) mass is 816 g/mol. The van der Waals surface area contributed by atoms with E-state index in [0.29, 0.717) is 0 Å². The molecule has 0 spiro atoms. The van der Waals surface area contributed by atoms with Gasteiger partial charge in [0.15, 0.2) is 0 Å². The van der Waals surface area contributed by atoms with Crippen LogP contribution in [0.2, 0.25) is 0 Å². The smallest absolute Gasteiger partial charge is 0.333 e. The van der Waals surface area contributed by atoms with Gasteiger partial charge in [-0.25, -0.2) is 0 Å². The van der Waals surface area contributed by atoms with Crippen molar-refractivity contribution in [3.8, 4) is 16.8 Å². The van der Waals surface area contributed by atoms with Gasteiger partial charge >= 0.3 is 6.85 Å². The van der Waals surface area contributed by atoms with Crippen molar-refractivity contribution in [1.82, 2.24) is 4.57 Å². The molecule has 0 radical (unpaired) electrons. The maximum atomic E-state index is 6.76. The van der Waals surface area contributed by atoms with E-state index in [2.05, 4.69) is 190 Å². The Morgan fingerprint density at radius 2 is 1.15 bits per heavy atom. The summed E-state index contributed by atoms with van der Waals surface area (Å²) >= 11 is 1.93. The average Bonchev–Trinajstić information content (AvgIpc) is 4.02. The van der Waals surface area contributed by atoms with Crippen LogP contribution >= 0.6 is 11.3 Å². The van der Waals surface area contributed by atoms with Crippen LogP contribution in [0.1, 0.15) is 52.7 Å². The molecule has 296 valence electrons. The number of hydrogen-bond acceptors (Lipinski definition) is 4. The topological polar surface area (TPSA) is 34.5 Å². The molecule has 0 amide bonds. The summed E-state index contributed by atoms with van der Waals surface area (Å²) in [5.74, 6) is 0. The Morgan fingerprint density at radius 1 is 0.516 bits per heavy atom. The van der Waals surface area contributed by atoms with E-state index >= 15 is 0 Å². The number of anilines is 2. The zero-order chi connectivity index (χ0) is 41.6. The van der Waals surface area contributed by atoms with E-state index in [0.717, 1.165) is 49.6 Å². The van der Waals surface area contributed by atoms with Crippen molar-refractivity contribution in [2.75, 3.05) is 4.81 Å². The fraction of sp³-hybridized carbons (Fsp3) is 0.143. The fourth-order valence-electron chi connectivity index (χ4n) is 11.1. The number of hydrogen-bond donors (Lipinski definition) is 0. The predicted molar refractivity (Wildman–Crippen MR) is 265 cm³/mol. The summed E-state index contributed by atoms with van der Waals surface area (Å²) in [6, 6.07) is 52.2. The third-order valence-electron chi connectivity index (χ3n) is 14.1. The SMILES string of the molecule is CC(C)(C)c1ccc(N2B3c4cc5c(cc4-n4c6ccc(C(C)(C)C)cc6c6c7sc8ccccc8c7c(c3c64)-c3cc4oc6ccccc6c4cc32)oc2ccccc25)cc1. The molecule has 14 rings (SSSR count). The Kier molecular flexibility index (Phi) is 6.52. The normalized spacial score (nSPS) is 13.9. The Hall–Kier alpha value is -6.76. The summed E-state index contributed by atoms with van der Waals surface area (Å²) in [6.07, 6.45) is 0. The van der Waals surface area contributed by atoms with Gasteiger partial charge in [-0.2, -0.15) is 0 Å². The van der Waals surface area contributed by atoms with Gasteiger partial charge in [-0.3, -0.25) is 0 Å². The lowest BCUT2D eigenvalue weighted by Gasteiger charge is -2.42. The molecule has 8 aromatic carbocycles. The minimum Gasteiger partial charge on any atom is -0.456 e. The van der Waals surface area contributed by atoms with E-state index in [-0.39, 0.29) is 17.7 Å². The van der Waals surface area contributed by atoms with Gasteiger partial charge in [-0.1, -0.05) is 120 Å². The third-order valence-corrected chi connectivity index (χ3v) is 15.2. The molecule has 2 aliphatic rings. The molecule has 0 N–H and O–H groups in total. The summed E-state index contributed by atoms with van der Waals surface area (Å²) in [5, 5.41) is 9.79. The minimum atomic E-state index is -0.161. The van der Waals surface area contributed by atoms with Gasteiger partial charge in [-0.15, -0.1) is 11.3 Å². The number of fused-ring (bicyclic) bond motifs is 19. The van der Waals surface area contributed by atoms with Gasteiger partial charge in [0.2, 0.25) is 0 Å². The van der Waals surface area contributed by atoms with Crippen LogP contribution in [0.25, 0.3) is 103 Å². The van der Waals surface area contributed by atoms with E-state index in [1.54, 1.807) is 0 Å². The zero-order valence-corrected chi connectivity index (χ0v) is 36.3. The zero-order valence-electron chi connectivity index (χ0n) is 35.5. The third kappa shape index (κ3) is 4.42. The fourth-order valence-corrected chi connectivity index (χ4v) is 12.4. The second kappa shape index (κ2) is 11.6. The highest BCUT2D eigenvalue weighted by molar-refractivity contribution is 7.27. The molecule has 6 heteroatoms. The molecule has 0 aliphatic carbocycles. The van der Waals surface area contributed by atoms with Crippen LogP contribution < -0.4 is 15.7 Å². The van der Waals surface area contributed by atoms with Crippen LogP contribution in [0, 0.1) is 0 Å². The quantitative estimate of drug-likeness (QED) is 0.155. The molecule has 4 nitrogen and oxygen atoms in total. The molecule has 6 heterocycles. The van der Waals surface area contributed by atoms with Crippen molar-refractivity contribution >= 4 is 126 Å². The van der Waals surface area contributed by atoms with Crippen LogP contribution in [0.5, 0.6) is 0 Å².